The van der Waals surface area contributed by atoms with Crippen LogP contribution in [0.4, 0.5) is 4.39 Å². The van der Waals surface area contributed by atoms with Gasteiger partial charge in [-0.2, -0.15) is 11.3 Å². The van der Waals surface area contributed by atoms with Crippen LogP contribution in [-0.4, -0.2) is 9.97 Å². The van der Waals surface area contributed by atoms with Gasteiger partial charge in [-0.05, 0) is 41.6 Å². The van der Waals surface area contributed by atoms with E-state index in [4.69, 9.17) is 0 Å². The number of hydrogen-bond acceptors (Lipinski definition) is 2. The van der Waals surface area contributed by atoms with Crippen LogP contribution in [0.3, 0.4) is 0 Å². The van der Waals surface area contributed by atoms with E-state index in [0.29, 0.717) is 0 Å². The average molecular weight is 302 g/mol. The van der Waals surface area contributed by atoms with E-state index in [1.54, 1.807) is 29.7 Å². The molecule has 0 saturated carbocycles. The first kappa shape index (κ1) is 15.4. The van der Waals surface area contributed by atoms with Crippen molar-refractivity contribution in [3.05, 3.63) is 53.1 Å². The largest absolute Gasteiger partial charge is 0.338 e. The second-order valence-corrected chi connectivity index (χ2v) is 6.18. The van der Waals surface area contributed by atoms with E-state index in [9.17, 15) is 4.39 Å². The van der Waals surface area contributed by atoms with Gasteiger partial charge in [0.1, 0.15) is 11.6 Å². The predicted octanol–water partition coefficient (Wildman–Crippen LogP) is 5.61. The van der Waals surface area contributed by atoms with Gasteiger partial charge in [0.25, 0.3) is 0 Å². The minimum Gasteiger partial charge on any atom is -0.338 e. The maximum atomic E-state index is 12.8. The molecule has 0 saturated heterocycles. The number of thiophene rings is 1. The summed E-state index contributed by atoms with van der Waals surface area (Å²) in [6.07, 6.45) is 1.79. The Labute approximate surface area is 128 Å². The van der Waals surface area contributed by atoms with Gasteiger partial charge < -0.3 is 4.98 Å². The van der Waals surface area contributed by atoms with Crippen molar-refractivity contribution in [3.63, 3.8) is 0 Å². The monoisotopic (exact) mass is 302 g/mol. The summed E-state index contributed by atoms with van der Waals surface area (Å²) in [6.45, 7) is 6.50. The van der Waals surface area contributed by atoms with Gasteiger partial charge in [0.2, 0.25) is 0 Å². The number of aromatic amines is 1. The molecule has 0 aliphatic rings. The molecule has 0 bridgehead atoms. The SMILES string of the molecule is CC(C)C.Fc1ccc(-c2ncc(-c3ccsc3)[nH]2)cc1. The van der Waals surface area contributed by atoms with Crippen LogP contribution in [0.2, 0.25) is 0 Å². The van der Waals surface area contributed by atoms with E-state index in [2.05, 4.69) is 36.1 Å². The zero-order valence-corrected chi connectivity index (χ0v) is 13.2. The van der Waals surface area contributed by atoms with E-state index in [1.807, 2.05) is 11.4 Å². The van der Waals surface area contributed by atoms with Gasteiger partial charge in [0.05, 0.1) is 11.9 Å². The maximum Gasteiger partial charge on any atom is 0.137 e. The molecule has 2 heterocycles. The summed E-state index contributed by atoms with van der Waals surface area (Å²) < 4.78 is 12.8. The summed E-state index contributed by atoms with van der Waals surface area (Å²) in [6, 6.07) is 8.33. The number of hydrogen-bond donors (Lipinski definition) is 1. The van der Waals surface area contributed by atoms with Crippen LogP contribution >= 0.6 is 11.3 Å². The van der Waals surface area contributed by atoms with Gasteiger partial charge in [0, 0.05) is 16.5 Å². The quantitative estimate of drug-likeness (QED) is 0.655. The van der Waals surface area contributed by atoms with Gasteiger partial charge >= 0.3 is 0 Å². The van der Waals surface area contributed by atoms with Crippen LogP contribution in [0, 0.1) is 11.7 Å². The molecular formula is C17H19FN2S. The van der Waals surface area contributed by atoms with Crippen LogP contribution < -0.4 is 0 Å². The molecule has 0 aliphatic carbocycles. The number of rotatable bonds is 2. The molecule has 4 heteroatoms. The van der Waals surface area contributed by atoms with Crippen LogP contribution in [0.1, 0.15) is 20.8 Å². The minimum atomic E-state index is -0.238. The van der Waals surface area contributed by atoms with E-state index in [-0.39, 0.29) is 5.82 Å². The van der Waals surface area contributed by atoms with Crippen molar-refractivity contribution in [2.45, 2.75) is 20.8 Å². The van der Waals surface area contributed by atoms with Crippen molar-refractivity contribution >= 4 is 11.3 Å². The molecule has 0 unspecified atom stereocenters. The minimum absolute atomic E-state index is 0.238. The highest BCUT2D eigenvalue weighted by atomic mass is 32.1. The second-order valence-electron chi connectivity index (χ2n) is 5.40. The lowest BCUT2D eigenvalue weighted by atomic mass is 10.2. The fraction of sp³-hybridized carbons (Fsp3) is 0.235. The molecule has 21 heavy (non-hydrogen) atoms. The Morgan fingerprint density at radius 3 is 2.29 bits per heavy atom. The fourth-order valence-corrected chi connectivity index (χ4v) is 2.30. The highest BCUT2D eigenvalue weighted by molar-refractivity contribution is 7.08. The molecule has 110 valence electrons. The summed E-state index contributed by atoms with van der Waals surface area (Å²) in [7, 11) is 0. The molecule has 1 N–H and O–H groups in total. The number of H-pyrrole nitrogens is 1. The van der Waals surface area contributed by atoms with Crippen LogP contribution in [-0.2, 0) is 0 Å². The summed E-state index contributed by atoms with van der Waals surface area (Å²) in [5, 5.41) is 4.08. The van der Waals surface area contributed by atoms with Crippen LogP contribution in [0.15, 0.2) is 47.3 Å². The lowest BCUT2D eigenvalue weighted by Gasteiger charge is -1.96. The van der Waals surface area contributed by atoms with Crippen molar-refractivity contribution < 1.29 is 4.39 Å². The molecular weight excluding hydrogens is 283 g/mol. The van der Waals surface area contributed by atoms with Gasteiger partial charge in [0.15, 0.2) is 0 Å². The zero-order chi connectivity index (χ0) is 15.2. The van der Waals surface area contributed by atoms with E-state index < -0.39 is 0 Å². The molecule has 3 rings (SSSR count). The van der Waals surface area contributed by atoms with E-state index in [1.165, 1.54) is 12.1 Å². The molecule has 0 aliphatic heterocycles. The smallest absolute Gasteiger partial charge is 0.137 e. The molecule has 3 aromatic rings. The summed E-state index contributed by atoms with van der Waals surface area (Å²) >= 11 is 1.64. The van der Waals surface area contributed by atoms with Crippen molar-refractivity contribution in [3.8, 4) is 22.6 Å². The number of aromatic nitrogens is 2. The van der Waals surface area contributed by atoms with Crippen LogP contribution in [0.5, 0.6) is 0 Å². The van der Waals surface area contributed by atoms with Gasteiger partial charge in [-0.1, -0.05) is 20.8 Å². The number of nitrogens with one attached hydrogen (secondary N) is 1. The standard InChI is InChI=1S/C13H9FN2S.C4H10/c14-11-3-1-9(2-4-11)13-15-7-12(16-13)10-5-6-17-8-10;1-4(2)3/h1-8H,(H,15,16);4H,1-3H3. The molecule has 0 fully saturated rings. The van der Waals surface area contributed by atoms with Crippen molar-refractivity contribution in [2.24, 2.45) is 5.92 Å². The summed E-state index contributed by atoms with van der Waals surface area (Å²) in [4.78, 5) is 7.52. The Bertz CT molecular complexity index is 652. The number of nitrogens with zero attached hydrogens (tertiary/aromatic N) is 1. The first-order valence-corrected chi connectivity index (χ1v) is 7.84. The number of imidazole rings is 1. The van der Waals surface area contributed by atoms with Crippen molar-refractivity contribution in [1.29, 1.82) is 0 Å². The van der Waals surface area contributed by atoms with Gasteiger partial charge in [-0.25, -0.2) is 9.37 Å². The average Bonchev–Trinajstić information content (AvgIpc) is 3.10. The van der Waals surface area contributed by atoms with Crippen LogP contribution in [0.25, 0.3) is 22.6 Å². The third-order valence-electron chi connectivity index (χ3n) is 2.53. The Balaban J connectivity index is 0.000000361. The predicted molar refractivity (Wildman–Crippen MR) is 87.8 cm³/mol. The summed E-state index contributed by atoms with van der Waals surface area (Å²) in [5.74, 6) is 1.35. The molecule has 0 amide bonds. The highest BCUT2D eigenvalue weighted by Gasteiger charge is 2.05. The number of benzene rings is 1. The Morgan fingerprint density at radius 1 is 1.05 bits per heavy atom. The fourth-order valence-electron chi connectivity index (χ4n) is 1.64. The summed E-state index contributed by atoms with van der Waals surface area (Å²) in [5.41, 5.74) is 2.98. The maximum absolute atomic E-state index is 12.8. The normalized spacial score (nSPS) is 10.3. The topological polar surface area (TPSA) is 28.7 Å². The lowest BCUT2D eigenvalue weighted by Crippen LogP contribution is -1.81. The van der Waals surface area contributed by atoms with Crippen molar-refractivity contribution in [2.75, 3.05) is 0 Å². The Hall–Kier alpha value is -1.94. The molecule has 1 aromatic carbocycles. The lowest BCUT2D eigenvalue weighted by molar-refractivity contribution is 0.628. The molecule has 2 aromatic heterocycles. The third kappa shape index (κ3) is 4.53. The first-order chi connectivity index (χ1) is 10.1. The highest BCUT2D eigenvalue weighted by Crippen LogP contribution is 2.23. The Morgan fingerprint density at radius 2 is 1.71 bits per heavy atom. The molecule has 2 nitrogen and oxygen atoms in total. The molecule has 0 spiro atoms. The van der Waals surface area contributed by atoms with E-state index in [0.717, 1.165) is 28.6 Å². The second kappa shape index (κ2) is 7.18. The van der Waals surface area contributed by atoms with Gasteiger partial charge in [-0.15, -0.1) is 0 Å². The third-order valence-corrected chi connectivity index (χ3v) is 3.21. The molecule has 0 atom stereocenters. The first-order valence-electron chi connectivity index (χ1n) is 6.89. The van der Waals surface area contributed by atoms with Crippen molar-refractivity contribution in [1.82, 2.24) is 9.97 Å². The molecule has 0 radical (unpaired) electrons. The zero-order valence-electron chi connectivity index (χ0n) is 12.4. The Kier molecular flexibility index (Phi) is 5.28. The van der Waals surface area contributed by atoms with E-state index >= 15 is 0 Å². The van der Waals surface area contributed by atoms with Gasteiger partial charge in [-0.3, -0.25) is 0 Å². The number of halogens is 1.